The molecule has 4 atom stereocenters. The molecule has 0 amide bonds. The van der Waals surface area contributed by atoms with Crippen molar-refractivity contribution in [3.63, 3.8) is 0 Å². The first-order valence-electron chi connectivity index (χ1n) is 7.60. The summed E-state index contributed by atoms with van der Waals surface area (Å²) in [6.07, 6.45) is 3.18. The zero-order valence-electron chi connectivity index (χ0n) is 12.6. The van der Waals surface area contributed by atoms with E-state index in [0.717, 1.165) is 24.8 Å². The Hall–Kier alpha value is -1.42. The summed E-state index contributed by atoms with van der Waals surface area (Å²) >= 11 is 0. The zero-order chi connectivity index (χ0) is 15.0. The number of alkyl halides is 1. The number of esters is 1. The van der Waals surface area contributed by atoms with Crippen LogP contribution in [0.4, 0.5) is 4.39 Å². The van der Waals surface area contributed by atoms with Crippen LogP contribution in [0.1, 0.15) is 36.3 Å². The number of rotatable bonds is 3. The third kappa shape index (κ3) is 2.46. The molecule has 0 N–H and O–H groups in total. The van der Waals surface area contributed by atoms with E-state index in [1.165, 1.54) is 7.11 Å². The lowest BCUT2D eigenvalue weighted by Crippen LogP contribution is -2.49. The molecule has 0 radical (unpaired) electrons. The highest BCUT2D eigenvalue weighted by Gasteiger charge is 2.49. The minimum atomic E-state index is -0.445. The number of carbonyl (C=O) groups excluding carboxylic acids is 1. The molecule has 2 aliphatic heterocycles. The Morgan fingerprint density at radius 3 is 2.67 bits per heavy atom. The topological polar surface area (TPSA) is 29.5 Å². The highest BCUT2D eigenvalue weighted by atomic mass is 19.1. The van der Waals surface area contributed by atoms with Gasteiger partial charge in [-0.3, -0.25) is 9.69 Å². The van der Waals surface area contributed by atoms with Gasteiger partial charge >= 0.3 is 5.97 Å². The Morgan fingerprint density at radius 1 is 1.33 bits per heavy atom. The van der Waals surface area contributed by atoms with Gasteiger partial charge in [0.2, 0.25) is 0 Å². The third-order valence-corrected chi connectivity index (χ3v) is 5.30. The van der Waals surface area contributed by atoms with Crippen LogP contribution in [-0.4, -0.2) is 37.1 Å². The number of hydrogen-bond acceptors (Lipinski definition) is 3. The number of fused-ring (bicyclic) bond motifs is 2. The average molecular weight is 291 g/mol. The number of benzene rings is 1. The van der Waals surface area contributed by atoms with E-state index in [1.807, 2.05) is 24.3 Å². The van der Waals surface area contributed by atoms with E-state index in [0.29, 0.717) is 11.6 Å². The van der Waals surface area contributed by atoms with Crippen LogP contribution in [0.25, 0.3) is 0 Å². The maximum Gasteiger partial charge on any atom is 0.310 e. The Morgan fingerprint density at radius 2 is 2.05 bits per heavy atom. The van der Waals surface area contributed by atoms with Crippen molar-refractivity contribution in [1.29, 1.82) is 0 Å². The lowest BCUT2D eigenvalue weighted by atomic mass is 9.76. The number of methoxy groups -OCH3 is 1. The van der Waals surface area contributed by atoms with Gasteiger partial charge in [-0.1, -0.05) is 24.3 Å². The molecule has 2 fully saturated rings. The summed E-state index contributed by atoms with van der Waals surface area (Å²) in [5.41, 5.74) is 1.82. The molecular weight excluding hydrogens is 269 g/mol. The fourth-order valence-electron chi connectivity index (χ4n) is 4.12. The van der Waals surface area contributed by atoms with Gasteiger partial charge in [-0.25, -0.2) is 4.39 Å². The van der Waals surface area contributed by atoms with E-state index in [1.54, 1.807) is 0 Å². The normalized spacial score (nSPS) is 32.1. The second-order valence-corrected chi connectivity index (χ2v) is 6.23. The van der Waals surface area contributed by atoms with Crippen molar-refractivity contribution in [3.05, 3.63) is 35.4 Å². The van der Waals surface area contributed by atoms with E-state index in [-0.39, 0.29) is 23.8 Å². The number of halogens is 1. The predicted octanol–water partition coefficient (Wildman–Crippen LogP) is 2.90. The minimum absolute atomic E-state index is 0.116. The number of hydrogen-bond donors (Lipinski definition) is 0. The van der Waals surface area contributed by atoms with Crippen molar-refractivity contribution in [2.24, 2.45) is 5.92 Å². The molecule has 1 aromatic carbocycles. The molecule has 4 heteroatoms. The molecular formula is C17H22FNO2. The molecule has 0 aliphatic carbocycles. The second kappa shape index (κ2) is 5.76. The first-order chi connectivity index (χ1) is 10.2. The standard InChI is InChI=1S/C17H22FNO2/c1-19-13-7-8-15(19)16(17(20)21-2)14(9-13)12-5-3-11(10-18)4-6-12/h3-6,13-16H,7-10H2,1-2H3/t13?,14-,15?,16+/m1/s1. The molecule has 0 saturated carbocycles. The molecule has 3 rings (SSSR count). The van der Waals surface area contributed by atoms with Crippen molar-refractivity contribution in [2.45, 2.75) is 43.9 Å². The Balaban J connectivity index is 1.92. The Kier molecular flexibility index (Phi) is 3.98. The Bertz CT molecular complexity index is 516. The Labute approximate surface area is 125 Å². The summed E-state index contributed by atoms with van der Waals surface area (Å²) < 4.78 is 17.7. The van der Waals surface area contributed by atoms with Crippen LogP contribution in [0.5, 0.6) is 0 Å². The number of carbonyl (C=O) groups is 1. The smallest absolute Gasteiger partial charge is 0.310 e. The van der Waals surface area contributed by atoms with Crippen LogP contribution in [0.3, 0.4) is 0 Å². The lowest BCUT2D eigenvalue weighted by Gasteiger charge is -2.41. The maximum atomic E-state index is 12.7. The molecule has 2 bridgehead atoms. The summed E-state index contributed by atoms with van der Waals surface area (Å²) in [5, 5.41) is 0. The van der Waals surface area contributed by atoms with Gasteiger partial charge in [-0.15, -0.1) is 0 Å². The molecule has 2 heterocycles. The SMILES string of the molecule is COC(=O)[C@@H]1C2CCC(C[C@@H]1c1ccc(CF)cc1)N2C. The summed E-state index contributed by atoms with van der Waals surface area (Å²) in [7, 11) is 3.58. The van der Waals surface area contributed by atoms with Gasteiger partial charge in [0.15, 0.2) is 0 Å². The third-order valence-electron chi connectivity index (χ3n) is 5.30. The summed E-state index contributed by atoms with van der Waals surface area (Å²) in [5.74, 6) is -0.0541. The highest BCUT2D eigenvalue weighted by molar-refractivity contribution is 5.75. The fraction of sp³-hybridized carbons (Fsp3) is 0.588. The van der Waals surface area contributed by atoms with Crippen LogP contribution >= 0.6 is 0 Å². The molecule has 2 aliphatic rings. The molecule has 0 spiro atoms. The summed E-state index contributed by atoms with van der Waals surface area (Å²) in [6.45, 7) is -0.445. The van der Waals surface area contributed by atoms with E-state index in [4.69, 9.17) is 4.74 Å². The number of piperidine rings is 1. The predicted molar refractivity (Wildman–Crippen MR) is 78.7 cm³/mol. The van der Waals surface area contributed by atoms with E-state index < -0.39 is 6.67 Å². The molecule has 2 unspecified atom stereocenters. The average Bonchev–Trinajstić information content (AvgIpc) is 2.76. The van der Waals surface area contributed by atoms with Crippen molar-refractivity contribution < 1.29 is 13.9 Å². The largest absolute Gasteiger partial charge is 0.469 e. The van der Waals surface area contributed by atoms with Crippen molar-refractivity contribution >= 4 is 5.97 Å². The molecule has 3 nitrogen and oxygen atoms in total. The van der Waals surface area contributed by atoms with E-state index in [9.17, 15) is 9.18 Å². The van der Waals surface area contributed by atoms with Gasteiger partial charge in [-0.2, -0.15) is 0 Å². The fourth-order valence-corrected chi connectivity index (χ4v) is 4.12. The molecule has 2 saturated heterocycles. The quantitative estimate of drug-likeness (QED) is 0.802. The summed E-state index contributed by atoms with van der Waals surface area (Å²) in [6, 6.07) is 8.40. The van der Waals surface area contributed by atoms with Crippen LogP contribution < -0.4 is 0 Å². The second-order valence-electron chi connectivity index (χ2n) is 6.23. The van der Waals surface area contributed by atoms with Gasteiger partial charge < -0.3 is 4.74 Å². The van der Waals surface area contributed by atoms with Crippen molar-refractivity contribution in [1.82, 2.24) is 4.90 Å². The van der Waals surface area contributed by atoms with Crippen LogP contribution in [0.2, 0.25) is 0 Å². The van der Waals surface area contributed by atoms with Gasteiger partial charge in [0, 0.05) is 18.0 Å². The maximum absolute atomic E-state index is 12.7. The lowest BCUT2D eigenvalue weighted by molar-refractivity contribution is -0.150. The number of nitrogens with zero attached hydrogens (tertiary/aromatic N) is 1. The van der Waals surface area contributed by atoms with Crippen molar-refractivity contribution in [3.8, 4) is 0 Å². The van der Waals surface area contributed by atoms with Gasteiger partial charge in [0.05, 0.1) is 13.0 Å². The van der Waals surface area contributed by atoms with Crippen LogP contribution in [-0.2, 0) is 16.2 Å². The first kappa shape index (κ1) is 14.5. The van der Waals surface area contributed by atoms with Gasteiger partial charge in [0.25, 0.3) is 0 Å². The molecule has 1 aromatic rings. The zero-order valence-corrected chi connectivity index (χ0v) is 12.6. The molecule has 21 heavy (non-hydrogen) atoms. The van der Waals surface area contributed by atoms with Crippen LogP contribution in [0.15, 0.2) is 24.3 Å². The minimum Gasteiger partial charge on any atom is -0.469 e. The highest BCUT2D eigenvalue weighted by Crippen LogP contribution is 2.46. The number of ether oxygens (including phenoxy) is 1. The summed E-state index contributed by atoms with van der Waals surface area (Å²) in [4.78, 5) is 14.6. The van der Waals surface area contributed by atoms with Gasteiger partial charge in [0.1, 0.15) is 6.67 Å². The van der Waals surface area contributed by atoms with Crippen molar-refractivity contribution in [2.75, 3.05) is 14.2 Å². The monoisotopic (exact) mass is 291 g/mol. The first-order valence-corrected chi connectivity index (χ1v) is 7.60. The van der Waals surface area contributed by atoms with E-state index >= 15 is 0 Å². The van der Waals surface area contributed by atoms with Gasteiger partial charge in [-0.05, 0) is 37.4 Å². The molecule has 0 aromatic heterocycles. The van der Waals surface area contributed by atoms with E-state index in [2.05, 4.69) is 11.9 Å². The molecule has 114 valence electrons. The van der Waals surface area contributed by atoms with Crippen LogP contribution in [0, 0.1) is 5.92 Å².